The Bertz CT molecular complexity index is 357. The maximum atomic E-state index is 10.7. The lowest BCUT2D eigenvalue weighted by molar-refractivity contribution is -0.141. The van der Waals surface area contributed by atoms with E-state index < -0.39 is 5.97 Å². The average Bonchev–Trinajstić information content (AvgIpc) is 2.50. The number of aromatic nitrogens is 2. The molecule has 0 amide bonds. The zero-order valence-electron chi connectivity index (χ0n) is 8.59. The van der Waals surface area contributed by atoms with Gasteiger partial charge in [-0.05, 0) is 6.07 Å². The molecule has 2 heterocycles. The van der Waals surface area contributed by atoms with Crippen molar-refractivity contribution >= 4 is 5.97 Å². The van der Waals surface area contributed by atoms with Crippen LogP contribution >= 0.6 is 0 Å². The van der Waals surface area contributed by atoms with E-state index in [1.807, 2.05) is 10.7 Å². The van der Waals surface area contributed by atoms with E-state index in [-0.39, 0.29) is 12.0 Å². The van der Waals surface area contributed by atoms with Crippen LogP contribution in [-0.2, 0) is 16.0 Å². The third-order valence-corrected chi connectivity index (χ3v) is 2.66. The lowest BCUT2D eigenvalue weighted by atomic mass is 10.1. The second-order valence-electron chi connectivity index (χ2n) is 3.90. The molecule has 1 aromatic rings. The highest BCUT2D eigenvalue weighted by Gasteiger charge is 2.24. The Morgan fingerprint density at radius 2 is 2.53 bits per heavy atom. The van der Waals surface area contributed by atoms with Gasteiger partial charge in [-0.1, -0.05) is 6.92 Å². The fourth-order valence-corrected chi connectivity index (χ4v) is 1.60. The molecule has 0 aromatic carbocycles. The molecule has 1 aromatic heterocycles. The first-order valence-electron chi connectivity index (χ1n) is 5.01. The summed E-state index contributed by atoms with van der Waals surface area (Å²) >= 11 is 0. The van der Waals surface area contributed by atoms with Crippen molar-refractivity contribution in [3.8, 4) is 0 Å². The number of carboxylic acid groups (broad SMARTS) is 1. The van der Waals surface area contributed by atoms with Crippen LogP contribution in [0.15, 0.2) is 12.3 Å². The summed E-state index contributed by atoms with van der Waals surface area (Å²) in [5, 5.41) is 13.0. The first-order chi connectivity index (χ1) is 7.18. The van der Waals surface area contributed by atoms with Crippen molar-refractivity contribution < 1.29 is 14.6 Å². The summed E-state index contributed by atoms with van der Waals surface area (Å²) < 4.78 is 6.97. The highest BCUT2D eigenvalue weighted by molar-refractivity contribution is 5.69. The summed E-state index contributed by atoms with van der Waals surface area (Å²) in [6.45, 7) is 3.06. The van der Waals surface area contributed by atoms with E-state index in [1.54, 1.807) is 13.1 Å². The molecular weight excluding hydrogens is 196 g/mol. The van der Waals surface area contributed by atoms with Crippen LogP contribution < -0.4 is 0 Å². The number of carbonyl (C=O) groups is 1. The third kappa shape index (κ3) is 2.02. The normalized spacial score (nSPS) is 18.5. The third-order valence-electron chi connectivity index (χ3n) is 2.66. The topological polar surface area (TPSA) is 64.4 Å². The molecule has 5 heteroatoms. The number of nitrogens with zero attached hydrogens (tertiary/aromatic N) is 2. The summed E-state index contributed by atoms with van der Waals surface area (Å²) in [7, 11) is 0. The smallest absolute Gasteiger partial charge is 0.306 e. The van der Waals surface area contributed by atoms with Crippen LogP contribution in [-0.4, -0.2) is 34.1 Å². The van der Waals surface area contributed by atoms with Crippen LogP contribution in [0.2, 0.25) is 0 Å². The van der Waals surface area contributed by atoms with Gasteiger partial charge >= 0.3 is 5.97 Å². The number of hydrogen-bond acceptors (Lipinski definition) is 3. The van der Waals surface area contributed by atoms with Crippen LogP contribution in [0.1, 0.15) is 18.7 Å². The maximum Gasteiger partial charge on any atom is 0.306 e. The second kappa shape index (κ2) is 4.02. The summed E-state index contributed by atoms with van der Waals surface area (Å²) in [5.74, 6) is -1.14. The molecule has 1 unspecified atom stereocenters. The largest absolute Gasteiger partial charge is 0.481 e. The molecule has 0 spiro atoms. The highest BCUT2D eigenvalue weighted by Crippen LogP contribution is 2.19. The Morgan fingerprint density at radius 1 is 1.80 bits per heavy atom. The predicted molar refractivity (Wildman–Crippen MR) is 52.6 cm³/mol. The average molecular weight is 210 g/mol. The monoisotopic (exact) mass is 210 g/mol. The molecular formula is C10H14N2O3. The van der Waals surface area contributed by atoms with Gasteiger partial charge in [-0.3, -0.25) is 9.48 Å². The molecule has 1 fully saturated rings. The zero-order chi connectivity index (χ0) is 10.8. The van der Waals surface area contributed by atoms with Gasteiger partial charge in [0.2, 0.25) is 0 Å². The molecule has 0 radical (unpaired) electrons. The highest BCUT2D eigenvalue weighted by atomic mass is 16.5. The van der Waals surface area contributed by atoms with Gasteiger partial charge in [0.25, 0.3) is 0 Å². The van der Waals surface area contributed by atoms with Crippen molar-refractivity contribution in [3.63, 3.8) is 0 Å². The van der Waals surface area contributed by atoms with E-state index in [4.69, 9.17) is 9.84 Å². The summed E-state index contributed by atoms with van der Waals surface area (Å²) in [6, 6.07) is 2.16. The van der Waals surface area contributed by atoms with Crippen molar-refractivity contribution in [2.75, 3.05) is 13.2 Å². The van der Waals surface area contributed by atoms with Crippen LogP contribution in [0, 0.1) is 5.92 Å². The Kier molecular flexibility index (Phi) is 2.73. The summed E-state index contributed by atoms with van der Waals surface area (Å²) in [4.78, 5) is 10.7. The molecule has 1 atom stereocenters. The van der Waals surface area contributed by atoms with E-state index in [0.29, 0.717) is 19.6 Å². The Balaban J connectivity index is 2.07. The van der Waals surface area contributed by atoms with E-state index in [2.05, 4.69) is 5.10 Å². The molecule has 1 aliphatic rings. The fraction of sp³-hybridized carbons (Fsp3) is 0.600. The molecule has 0 saturated carbocycles. The molecule has 0 bridgehead atoms. The molecule has 2 rings (SSSR count). The van der Waals surface area contributed by atoms with Gasteiger partial charge in [-0.25, -0.2) is 0 Å². The first-order valence-corrected chi connectivity index (χ1v) is 5.01. The van der Waals surface area contributed by atoms with Gasteiger partial charge in [0, 0.05) is 18.3 Å². The summed E-state index contributed by atoms with van der Waals surface area (Å²) in [5.41, 5.74) is 0.971. The van der Waals surface area contributed by atoms with Crippen molar-refractivity contribution in [2.45, 2.75) is 19.4 Å². The number of ether oxygens (including phenoxy) is 1. The van der Waals surface area contributed by atoms with E-state index in [9.17, 15) is 4.79 Å². The standard InChI is InChI=1S/C10H14N2O3/c1-7(10(13)14)4-8-2-3-11-12(8)9-5-15-6-9/h2-3,7,9H,4-6H2,1H3,(H,13,14). The van der Waals surface area contributed by atoms with Crippen LogP contribution in [0.25, 0.3) is 0 Å². The molecule has 1 aliphatic heterocycles. The van der Waals surface area contributed by atoms with Gasteiger partial charge in [0.05, 0.1) is 25.2 Å². The van der Waals surface area contributed by atoms with Crippen molar-refractivity contribution in [3.05, 3.63) is 18.0 Å². The molecule has 5 nitrogen and oxygen atoms in total. The molecule has 1 saturated heterocycles. The van der Waals surface area contributed by atoms with Crippen molar-refractivity contribution in [2.24, 2.45) is 5.92 Å². The summed E-state index contributed by atoms with van der Waals surface area (Å²) in [6.07, 6.45) is 2.23. The minimum atomic E-state index is -0.771. The van der Waals surface area contributed by atoms with E-state index >= 15 is 0 Å². The minimum absolute atomic E-state index is 0.288. The molecule has 1 N–H and O–H groups in total. The Morgan fingerprint density at radius 3 is 3.07 bits per heavy atom. The first kappa shape index (κ1) is 10.2. The number of hydrogen-bond donors (Lipinski definition) is 1. The SMILES string of the molecule is CC(Cc1ccnn1C1COC1)C(=O)O. The van der Waals surface area contributed by atoms with E-state index in [1.165, 1.54) is 0 Å². The quantitative estimate of drug-likeness (QED) is 0.795. The maximum absolute atomic E-state index is 10.7. The van der Waals surface area contributed by atoms with E-state index in [0.717, 1.165) is 5.69 Å². The van der Waals surface area contributed by atoms with Gasteiger partial charge in [0.15, 0.2) is 0 Å². The Labute approximate surface area is 87.7 Å². The van der Waals surface area contributed by atoms with Crippen LogP contribution in [0.4, 0.5) is 0 Å². The van der Waals surface area contributed by atoms with Gasteiger partial charge in [0.1, 0.15) is 0 Å². The fourth-order valence-electron chi connectivity index (χ4n) is 1.60. The van der Waals surface area contributed by atoms with Crippen molar-refractivity contribution in [1.82, 2.24) is 9.78 Å². The van der Waals surface area contributed by atoms with Crippen LogP contribution in [0.3, 0.4) is 0 Å². The molecule has 82 valence electrons. The molecule has 0 aliphatic carbocycles. The Hall–Kier alpha value is -1.36. The van der Waals surface area contributed by atoms with Crippen molar-refractivity contribution in [1.29, 1.82) is 0 Å². The van der Waals surface area contributed by atoms with Gasteiger partial charge in [-0.2, -0.15) is 5.10 Å². The lowest BCUT2D eigenvalue weighted by Crippen LogP contribution is -2.33. The molecule has 15 heavy (non-hydrogen) atoms. The number of aliphatic carboxylic acids is 1. The minimum Gasteiger partial charge on any atom is -0.481 e. The number of rotatable bonds is 4. The lowest BCUT2D eigenvalue weighted by Gasteiger charge is -2.28. The second-order valence-corrected chi connectivity index (χ2v) is 3.90. The zero-order valence-corrected chi connectivity index (χ0v) is 8.59. The number of carboxylic acids is 1. The van der Waals surface area contributed by atoms with Gasteiger partial charge < -0.3 is 9.84 Å². The predicted octanol–water partition coefficient (Wildman–Crippen LogP) is 0.718. The van der Waals surface area contributed by atoms with Crippen LogP contribution in [0.5, 0.6) is 0 Å². The van der Waals surface area contributed by atoms with Gasteiger partial charge in [-0.15, -0.1) is 0 Å².